The summed E-state index contributed by atoms with van der Waals surface area (Å²) in [4.78, 5) is 12.4. The number of hydrogen-bond donors (Lipinski definition) is 0. The number of rotatable bonds is 6. The Morgan fingerprint density at radius 2 is 1.96 bits per heavy atom. The van der Waals surface area contributed by atoms with Gasteiger partial charge in [0.05, 0.1) is 10.6 Å². The van der Waals surface area contributed by atoms with Crippen LogP contribution in [0.5, 0.6) is 5.75 Å². The van der Waals surface area contributed by atoms with Gasteiger partial charge in [0.1, 0.15) is 29.3 Å². The van der Waals surface area contributed by atoms with E-state index in [1.165, 1.54) is 0 Å². The fourth-order valence-corrected chi connectivity index (χ4v) is 3.18. The Morgan fingerprint density at radius 1 is 1.22 bits per heavy atom. The molecule has 0 saturated carbocycles. The number of ether oxygens (including phenoxy) is 2. The van der Waals surface area contributed by atoms with Crippen LogP contribution >= 0.6 is 15.9 Å². The van der Waals surface area contributed by atoms with Gasteiger partial charge in [-0.3, -0.25) is 0 Å². The molecule has 0 aliphatic carbocycles. The smallest absolute Gasteiger partial charge is 0.342 e. The van der Waals surface area contributed by atoms with Crippen molar-refractivity contribution in [3.63, 3.8) is 0 Å². The molecule has 27 heavy (non-hydrogen) atoms. The molecule has 0 aliphatic rings. The molecule has 0 fully saturated rings. The predicted molar refractivity (Wildman–Crippen MR) is 110 cm³/mol. The van der Waals surface area contributed by atoms with Crippen molar-refractivity contribution in [3.05, 3.63) is 69.9 Å². The van der Waals surface area contributed by atoms with Gasteiger partial charge in [0.25, 0.3) is 0 Å². The molecule has 0 amide bonds. The third kappa shape index (κ3) is 4.61. The normalized spacial score (nSPS) is 11.4. The van der Waals surface area contributed by atoms with Gasteiger partial charge in [-0.15, -0.1) is 0 Å². The van der Waals surface area contributed by atoms with Crippen LogP contribution in [0.3, 0.4) is 0 Å². The summed E-state index contributed by atoms with van der Waals surface area (Å²) in [6, 6.07) is 13.6. The van der Waals surface area contributed by atoms with Crippen LogP contribution in [0.1, 0.15) is 35.5 Å². The number of fused-ring (bicyclic) bond motifs is 1. The lowest BCUT2D eigenvalue weighted by atomic mass is 10.1. The first-order valence-electron chi connectivity index (χ1n) is 8.73. The van der Waals surface area contributed by atoms with E-state index in [2.05, 4.69) is 15.9 Å². The Balaban J connectivity index is 1.82. The minimum absolute atomic E-state index is 0.198. The van der Waals surface area contributed by atoms with E-state index in [0.717, 1.165) is 10.0 Å². The highest BCUT2D eigenvalue weighted by molar-refractivity contribution is 9.10. The van der Waals surface area contributed by atoms with Crippen molar-refractivity contribution in [3.8, 4) is 5.75 Å². The second-order valence-electron chi connectivity index (χ2n) is 6.39. The first-order chi connectivity index (χ1) is 13.0. The summed E-state index contributed by atoms with van der Waals surface area (Å²) in [7, 11) is 0. The molecule has 1 heterocycles. The molecular formula is C22H21BrO4. The fourth-order valence-electron chi connectivity index (χ4n) is 2.74. The average molecular weight is 429 g/mol. The van der Waals surface area contributed by atoms with Gasteiger partial charge in [-0.2, -0.15) is 0 Å². The third-order valence-electron chi connectivity index (χ3n) is 3.91. The molecule has 0 atom stereocenters. The molecular weight excluding hydrogens is 408 g/mol. The lowest BCUT2D eigenvalue weighted by Gasteiger charge is -2.08. The predicted octanol–water partition coefficient (Wildman–Crippen LogP) is 6.16. The molecule has 0 saturated heterocycles. The molecule has 4 nitrogen and oxygen atoms in total. The average Bonchev–Trinajstić information content (AvgIpc) is 2.93. The van der Waals surface area contributed by atoms with Crippen LogP contribution in [-0.4, -0.2) is 18.7 Å². The van der Waals surface area contributed by atoms with E-state index in [1.807, 2.05) is 68.5 Å². The number of halogens is 1. The number of esters is 1. The van der Waals surface area contributed by atoms with Gasteiger partial charge in [-0.1, -0.05) is 36.4 Å². The first kappa shape index (κ1) is 19.2. The Kier molecular flexibility index (Phi) is 6.01. The van der Waals surface area contributed by atoms with Gasteiger partial charge < -0.3 is 13.9 Å². The van der Waals surface area contributed by atoms with Gasteiger partial charge in [-0.05, 0) is 60.5 Å². The van der Waals surface area contributed by atoms with Gasteiger partial charge in [0.2, 0.25) is 0 Å². The number of carbonyl (C=O) groups excluding carboxylic acids is 1. The van der Waals surface area contributed by atoms with Crippen LogP contribution in [0.25, 0.3) is 17.0 Å². The van der Waals surface area contributed by atoms with Crippen molar-refractivity contribution < 1.29 is 18.7 Å². The summed E-state index contributed by atoms with van der Waals surface area (Å²) in [6.45, 7) is 5.80. The Hall–Kier alpha value is -2.53. The van der Waals surface area contributed by atoms with Gasteiger partial charge in [-0.25, -0.2) is 4.79 Å². The SMILES string of the molecule is Cc1oc2cc(Br)c(OC/C=C/c3ccccc3)cc2c1C(=O)OC(C)C. The van der Waals surface area contributed by atoms with Crippen molar-refractivity contribution in [2.75, 3.05) is 6.61 Å². The van der Waals surface area contributed by atoms with Crippen molar-refractivity contribution in [1.29, 1.82) is 0 Å². The highest BCUT2D eigenvalue weighted by Crippen LogP contribution is 2.35. The molecule has 3 aromatic rings. The van der Waals surface area contributed by atoms with Crippen LogP contribution in [0, 0.1) is 6.92 Å². The molecule has 0 aliphatic heterocycles. The van der Waals surface area contributed by atoms with E-state index in [-0.39, 0.29) is 6.10 Å². The van der Waals surface area contributed by atoms with Crippen LogP contribution in [0.2, 0.25) is 0 Å². The molecule has 1 aromatic heterocycles. The number of aryl methyl sites for hydroxylation is 1. The van der Waals surface area contributed by atoms with Crippen LogP contribution < -0.4 is 4.74 Å². The lowest BCUT2D eigenvalue weighted by Crippen LogP contribution is -2.12. The van der Waals surface area contributed by atoms with E-state index < -0.39 is 5.97 Å². The van der Waals surface area contributed by atoms with E-state index in [1.54, 1.807) is 6.92 Å². The first-order valence-corrected chi connectivity index (χ1v) is 9.53. The maximum Gasteiger partial charge on any atom is 0.342 e. The van der Waals surface area contributed by atoms with Crippen molar-refractivity contribution in [2.45, 2.75) is 26.9 Å². The molecule has 0 N–H and O–H groups in total. The van der Waals surface area contributed by atoms with Gasteiger partial charge >= 0.3 is 5.97 Å². The van der Waals surface area contributed by atoms with Gasteiger partial charge in [0.15, 0.2) is 0 Å². The summed E-state index contributed by atoms with van der Waals surface area (Å²) < 4.78 is 17.7. The highest BCUT2D eigenvalue weighted by Gasteiger charge is 2.22. The van der Waals surface area contributed by atoms with Crippen LogP contribution in [0.4, 0.5) is 0 Å². The number of hydrogen-bond acceptors (Lipinski definition) is 4. The second-order valence-corrected chi connectivity index (χ2v) is 7.24. The van der Waals surface area contributed by atoms with Gasteiger partial charge in [0, 0.05) is 5.39 Å². The summed E-state index contributed by atoms with van der Waals surface area (Å²) in [6.07, 6.45) is 3.75. The Bertz CT molecular complexity index is 971. The summed E-state index contributed by atoms with van der Waals surface area (Å²) in [5, 5.41) is 0.684. The zero-order valence-corrected chi connectivity index (χ0v) is 17.1. The second kappa shape index (κ2) is 8.44. The van der Waals surface area contributed by atoms with E-state index in [9.17, 15) is 4.79 Å². The Morgan fingerprint density at radius 3 is 2.67 bits per heavy atom. The summed E-state index contributed by atoms with van der Waals surface area (Å²) in [5.74, 6) is 0.779. The molecule has 0 radical (unpaired) electrons. The third-order valence-corrected chi connectivity index (χ3v) is 4.53. The number of benzene rings is 2. The zero-order chi connectivity index (χ0) is 19.4. The molecule has 140 valence electrons. The number of carbonyl (C=O) groups is 1. The largest absolute Gasteiger partial charge is 0.488 e. The fraction of sp³-hybridized carbons (Fsp3) is 0.227. The minimum atomic E-state index is -0.390. The van der Waals surface area contributed by atoms with Crippen molar-refractivity contribution >= 4 is 38.9 Å². The topological polar surface area (TPSA) is 48.7 Å². The standard InChI is InChI=1S/C22H21BrO4/c1-14(2)26-22(24)21-15(3)27-19-13-18(23)20(12-17(19)21)25-11-7-10-16-8-5-4-6-9-16/h4-10,12-14H,11H2,1-3H3/b10-7+. The van der Waals surface area contributed by atoms with Crippen molar-refractivity contribution in [1.82, 2.24) is 0 Å². The van der Waals surface area contributed by atoms with Crippen molar-refractivity contribution in [2.24, 2.45) is 0 Å². The highest BCUT2D eigenvalue weighted by atomic mass is 79.9. The maximum absolute atomic E-state index is 12.4. The quantitative estimate of drug-likeness (QED) is 0.441. The van der Waals surface area contributed by atoms with Crippen LogP contribution in [0.15, 0.2) is 57.4 Å². The van der Waals surface area contributed by atoms with E-state index >= 15 is 0 Å². The maximum atomic E-state index is 12.4. The molecule has 0 unspecified atom stereocenters. The molecule has 5 heteroatoms. The minimum Gasteiger partial charge on any atom is -0.488 e. The lowest BCUT2D eigenvalue weighted by molar-refractivity contribution is 0.0378. The zero-order valence-electron chi connectivity index (χ0n) is 15.5. The van der Waals surface area contributed by atoms with E-state index in [0.29, 0.717) is 34.6 Å². The monoisotopic (exact) mass is 428 g/mol. The summed E-state index contributed by atoms with van der Waals surface area (Å²) >= 11 is 3.50. The van der Waals surface area contributed by atoms with Crippen LogP contribution in [-0.2, 0) is 4.74 Å². The Labute approximate surface area is 166 Å². The molecule has 3 rings (SSSR count). The molecule has 0 spiro atoms. The summed E-state index contributed by atoms with van der Waals surface area (Å²) in [5.41, 5.74) is 2.16. The molecule has 2 aromatic carbocycles. The van der Waals surface area contributed by atoms with E-state index in [4.69, 9.17) is 13.9 Å². The number of furan rings is 1. The molecule has 0 bridgehead atoms.